The van der Waals surface area contributed by atoms with Crippen molar-refractivity contribution in [3.63, 3.8) is 0 Å². The van der Waals surface area contributed by atoms with Crippen molar-refractivity contribution >= 4 is 31.9 Å². The molecule has 2 heteroatoms. The molecule has 0 aromatic heterocycles. The normalized spacial score (nSPS) is 11.7. The molecule has 0 saturated carbocycles. The molecule has 0 bridgehead atoms. The Morgan fingerprint density at radius 3 is 1.83 bits per heavy atom. The molecule has 3 rings (SSSR count). The average molecular weight is 607 g/mol. The van der Waals surface area contributed by atoms with Crippen LogP contribution >= 0.6 is 31.9 Å². The van der Waals surface area contributed by atoms with Crippen molar-refractivity contribution in [1.82, 2.24) is 0 Å². The molecule has 0 spiro atoms. The highest BCUT2D eigenvalue weighted by Crippen LogP contribution is 2.53. The van der Waals surface area contributed by atoms with Gasteiger partial charge in [-0.05, 0) is 100.0 Å². The Hall–Kier alpha value is -2.62. The van der Waals surface area contributed by atoms with Crippen molar-refractivity contribution in [3.8, 4) is 11.1 Å². The lowest BCUT2D eigenvalue weighted by atomic mass is 9.74. The quantitative estimate of drug-likeness (QED) is 0.186. The summed E-state index contributed by atoms with van der Waals surface area (Å²) in [5, 5.41) is 0. The third-order valence-electron chi connectivity index (χ3n) is 6.43. The van der Waals surface area contributed by atoms with E-state index in [1.807, 2.05) is 0 Å². The monoisotopic (exact) mass is 604 g/mol. The Morgan fingerprint density at radius 1 is 0.743 bits per heavy atom. The van der Waals surface area contributed by atoms with Crippen LogP contribution in [-0.2, 0) is 5.41 Å². The molecule has 0 nitrogen and oxygen atoms in total. The summed E-state index contributed by atoms with van der Waals surface area (Å²) in [6, 6.07) is 13.2. The first kappa shape index (κ1) is 27.0. The van der Waals surface area contributed by atoms with Gasteiger partial charge in [0.2, 0.25) is 0 Å². The van der Waals surface area contributed by atoms with Gasteiger partial charge < -0.3 is 0 Å². The predicted molar refractivity (Wildman–Crippen MR) is 175 cm³/mol. The van der Waals surface area contributed by atoms with Gasteiger partial charge in [0.05, 0.1) is 0 Å². The fourth-order valence-electron chi connectivity index (χ4n) is 4.79. The molecular formula is C33H50Br2. The van der Waals surface area contributed by atoms with Gasteiger partial charge in [0.15, 0.2) is 0 Å². The van der Waals surface area contributed by atoms with Gasteiger partial charge >= 0.3 is 0 Å². The standard InChI is InChI=1S/C33H30Br2.10H2/c1-3-5-7-9-11-13-15-17-23-33(24-18-16-14-12-10-8-6-4-2)31-25-27(34)19-21-29(31)30-22-20-28(35)26-32(30)33;;;;;;;;;;/h19-23,25-26H,1,4,6,8,10,12,14,16,18,24H2,2H3;10*1H. The van der Waals surface area contributed by atoms with Crippen molar-refractivity contribution in [1.29, 1.82) is 0 Å². The number of benzene rings is 2. The molecule has 0 fully saturated rings. The first-order valence-electron chi connectivity index (χ1n) is 12.3. The lowest BCUT2D eigenvalue weighted by Crippen LogP contribution is -2.22. The number of hydrogen-bond acceptors (Lipinski definition) is 0. The van der Waals surface area contributed by atoms with Crippen LogP contribution in [0.2, 0.25) is 0 Å². The van der Waals surface area contributed by atoms with E-state index in [1.165, 1.54) is 67.2 Å². The van der Waals surface area contributed by atoms with Crippen molar-refractivity contribution in [2.45, 2.75) is 70.1 Å². The van der Waals surface area contributed by atoms with E-state index in [0.29, 0.717) is 0 Å². The molecule has 0 unspecified atom stereocenters. The maximum Gasteiger partial charge on any atom is 0.0475 e. The van der Waals surface area contributed by atoms with Crippen LogP contribution in [0.25, 0.3) is 11.1 Å². The fraction of sp³-hybridized carbons (Fsp3) is 0.333. The molecule has 2 aromatic rings. The average Bonchev–Trinajstić information content (AvgIpc) is 3.11. The van der Waals surface area contributed by atoms with Gasteiger partial charge in [0.25, 0.3) is 0 Å². The molecule has 0 amide bonds. The number of fused-ring (bicyclic) bond motifs is 3. The van der Waals surface area contributed by atoms with Crippen LogP contribution in [0.4, 0.5) is 0 Å². The molecule has 1 aliphatic carbocycles. The minimum Gasteiger partial charge on any atom is -0.0687 e. The molecule has 35 heavy (non-hydrogen) atoms. The van der Waals surface area contributed by atoms with E-state index < -0.39 is 0 Å². The van der Waals surface area contributed by atoms with E-state index in [4.69, 9.17) is 0 Å². The molecule has 1 aliphatic rings. The maximum atomic E-state index is 3.71. The number of halogens is 2. The smallest absolute Gasteiger partial charge is 0.0475 e. The first-order valence-corrected chi connectivity index (χ1v) is 13.9. The Morgan fingerprint density at radius 2 is 1.26 bits per heavy atom. The topological polar surface area (TPSA) is 0 Å². The molecule has 0 aliphatic heterocycles. The zero-order valence-corrected chi connectivity index (χ0v) is 23.5. The van der Waals surface area contributed by atoms with Crippen LogP contribution < -0.4 is 0 Å². The van der Waals surface area contributed by atoms with Crippen molar-refractivity contribution in [2.75, 3.05) is 0 Å². The minimum absolute atomic E-state index is 0. The molecular weight excluding hydrogens is 556 g/mol. The number of hydrogen-bond donors (Lipinski definition) is 0. The minimum atomic E-state index is -0.264. The zero-order chi connectivity index (χ0) is 24.9. The van der Waals surface area contributed by atoms with Crippen molar-refractivity contribution in [3.05, 3.63) is 115 Å². The van der Waals surface area contributed by atoms with Gasteiger partial charge in [-0.25, -0.2) is 0 Å². The highest BCUT2D eigenvalue weighted by molar-refractivity contribution is 9.10. The van der Waals surface area contributed by atoms with Gasteiger partial charge in [-0.2, -0.15) is 0 Å². The summed E-state index contributed by atoms with van der Waals surface area (Å²) in [5.74, 6) is 0. The highest BCUT2D eigenvalue weighted by atomic mass is 79.9. The van der Waals surface area contributed by atoms with Crippen LogP contribution in [0.15, 0.2) is 104 Å². The number of rotatable bonds is 10. The molecule has 0 saturated heterocycles. The van der Waals surface area contributed by atoms with Crippen LogP contribution in [-0.4, -0.2) is 0 Å². The Kier molecular flexibility index (Phi) is 10.8. The van der Waals surface area contributed by atoms with E-state index in [2.05, 4.69) is 134 Å². The SMILES string of the molecule is C=C=C=C=C=C=C=C=C=CC1(CCCCCCCCCC)c2cc(Br)ccc2-c2ccc(Br)cc21.[HH].[HH].[HH].[HH].[HH].[HH].[HH].[HH].[HH].[HH]. The van der Waals surface area contributed by atoms with Crippen molar-refractivity contribution in [2.24, 2.45) is 0 Å². The van der Waals surface area contributed by atoms with E-state index in [9.17, 15) is 0 Å². The summed E-state index contributed by atoms with van der Waals surface area (Å²) in [6.07, 6.45) is 13.6. The van der Waals surface area contributed by atoms with E-state index in [-0.39, 0.29) is 19.7 Å². The second-order valence-electron chi connectivity index (χ2n) is 8.79. The zero-order valence-electron chi connectivity index (χ0n) is 20.4. The van der Waals surface area contributed by atoms with E-state index in [1.54, 1.807) is 0 Å². The largest absolute Gasteiger partial charge is 0.0687 e. The molecule has 0 radical (unpaired) electrons. The van der Waals surface area contributed by atoms with E-state index >= 15 is 0 Å². The summed E-state index contributed by atoms with van der Waals surface area (Å²) < 4.78 is 2.18. The summed E-state index contributed by atoms with van der Waals surface area (Å²) in [6.45, 7) is 5.70. The first-order chi connectivity index (χ1) is 17.1. The summed E-state index contributed by atoms with van der Waals surface area (Å²) in [7, 11) is 0. The summed E-state index contributed by atoms with van der Waals surface area (Å²) in [5.41, 5.74) is 27.1. The van der Waals surface area contributed by atoms with Gasteiger partial charge in [-0.1, -0.05) is 114 Å². The van der Waals surface area contributed by atoms with Gasteiger partial charge in [0.1, 0.15) is 0 Å². The molecule has 196 valence electrons. The third kappa shape index (κ3) is 7.19. The van der Waals surface area contributed by atoms with E-state index in [0.717, 1.165) is 21.8 Å². The Balaban J connectivity index is -0.000000228. The van der Waals surface area contributed by atoms with Gasteiger partial charge in [-0.15, -0.1) is 0 Å². The fourth-order valence-corrected chi connectivity index (χ4v) is 5.51. The Bertz CT molecular complexity index is 1340. The highest BCUT2D eigenvalue weighted by Gasteiger charge is 2.41. The predicted octanol–water partition coefficient (Wildman–Crippen LogP) is 12.9. The second kappa shape index (κ2) is 14.1. The summed E-state index contributed by atoms with van der Waals surface area (Å²) in [4.78, 5) is 0. The Labute approximate surface area is 242 Å². The molecule has 2 aromatic carbocycles. The molecule has 0 atom stereocenters. The number of allylic oxidation sites excluding steroid dienone is 1. The van der Waals surface area contributed by atoms with Crippen molar-refractivity contribution < 1.29 is 14.3 Å². The third-order valence-corrected chi connectivity index (χ3v) is 7.42. The lowest BCUT2D eigenvalue weighted by Gasteiger charge is -2.28. The van der Waals surface area contributed by atoms with Crippen LogP contribution in [0.5, 0.6) is 0 Å². The number of unbranched alkanes of at least 4 members (excludes halogenated alkanes) is 7. The van der Waals surface area contributed by atoms with Crippen LogP contribution in [0, 0.1) is 0 Å². The van der Waals surface area contributed by atoms with Crippen LogP contribution in [0.1, 0.15) is 90.1 Å². The van der Waals surface area contributed by atoms with Gasteiger partial charge in [0, 0.05) is 28.6 Å². The summed E-state index contributed by atoms with van der Waals surface area (Å²) >= 11 is 7.42. The van der Waals surface area contributed by atoms with Crippen LogP contribution in [0.3, 0.4) is 0 Å². The van der Waals surface area contributed by atoms with Gasteiger partial charge in [-0.3, -0.25) is 0 Å². The molecule has 0 heterocycles. The maximum absolute atomic E-state index is 3.71. The lowest BCUT2D eigenvalue weighted by molar-refractivity contribution is 0.511. The second-order valence-corrected chi connectivity index (χ2v) is 10.6. The molecule has 0 N–H and O–H groups in total.